The van der Waals surface area contributed by atoms with Crippen molar-refractivity contribution in [2.24, 2.45) is 0 Å². The summed E-state index contributed by atoms with van der Waals surface area (Å²) in [4.78, 5) is 11.6. The number of aliphatic hydroxyl groups excluding tert-OH is 1. The molecule has 104 valence electrons. The number of aliphatic hydroxyl groups is 1. The monoisotopic (exact) mass is 271 g/mol. The van der Waals surface area contributed by atoms with Crippen LogP contribution in [0.15, 0.2) is 59.4 Å². The van der Waals surface area contributed by atoms with Crippen LogP contribution in [-0.2, 0) is 4.79 Å². The number of benzene rings is 1. The van der Waals surface area contributed by atoms with Crippen LogP contribution in [0.4, 0.5) is 0 Å². The van der Waals surface area contributed by atoms with E-state index in [1.165, 1.54) is 18.6 Å². The van der Waals surface area contributed by atoms with Crippen molar-refractivity contribution in [3.8, 4) is 0 Å². The zero-order valence-electron chi connectivity index (χ0n) is 11.0. The van der Waals surface area contributed by atoms with E-state index < -0.39 is 6.10 Å². The van der Waals surface area contributed by atoms with Crippen LogP contribution in [0, 0.1) is 0 Å². The molecule has 0 aliphatic carbocycles. The first-order valence-corrected chi connectivity index (χ1v) is 6.47. The van der Waals surface area contributed by atoms with Crippen LogP contribution < -0.4 is 5.32 Å². The molecule has 0 fully saturated rings. The number of hydrogen-bond donors (Lipinski definition) is 2. The van der Waals surface area contributed by atoms with Crippen LogP contribution in [0.1, 0.15) is 23.7 Å². The number of nitrogens with one attached hydrogen (secondary N) is 1. The minimum absolute atomic E-state index is 0.173. The van der Waals surface area contributed by atoms with Gasteiger partial charge < -0.3 is 14.8 Å². The molecule has 2 N–H and O–H groups in total. The van der Waals surface area contributed by atoms with Crippen LogP contribution in [0.2, 0.25) is 0 Å². The molecule has 2 aromatic rings. The van der Waals surface area contributed by atoms with Crippen LogP contribution >= 0.6 is 0 Å². The van der Waals surface area contributed by atoms with Crippen LogP contribution in [0.25, 0.3) is 6.08 Å². The summed E-state index contributed by atoms with van der Waals surface area (Å²) in [6, 6.07) is 11.3. The van der Waals surface area contributed by atoms with Gasteiger partial charge in [-0.1, -0.05) is 30.3 Å². The Morgan fingerprint density at radius 3 is 2.80 bits per heavy atom. The van der Waals surface area contributed by atoms with Gasteiger partial charge >= 0.3 is 0 Å². The summed E-state index contributed by atoms with van der Waals surface area (Å²) in [5.74, 6) is -0.173. The number of carbonyl (C=O) groups is 1. The maximum Gasteiger partial charge on any atom is 0.244 e. The Hall–Kier alpha value is -2.33. The Morgan fingerprint density at radius 2 is 2.10 bits per heavy atom. The van der Waals surface area contributed by atoms with Gasteiger partial charge in [0.15, 0.2) is 0 Å². The summed E-state index contributed by atoms with van der Waals surface area (Å²) in [5.41, 5.74) is 1.69. The summed E-state index contributed by atoms with van der Waals surface area (Å²) < 4.78 is 4.89. The Balaban J connectivity index is 1.72. The van der Waals surface area contributed by atoms with Gasteiger partial charge in [0.05, 0.1) is 18.6 Å². The predicted octanol–water partition coefficient (Wildman–Crippen LogP) is 2.53. The Morgan fingerprint density at radius 1 is 1.30 bits per heavy atom. The number of furan rings is 1. The fourth-order valence-electron chi connectivity index (χ4n) is 1.76. The first kappa shape index (κ1) is 14.1. The minimum Gasteiger partial charge on any atom is -0.472 e. The smallest absolute Gasteiger partial charge is 0.244 e. The molecule has 0 aliphatic rings. The second-order valence-corrected chi connectivity index (χ2v) is 4.40. The molecule has 1 aromatic heterocycles. The molecule has 1 heterocycles. The SMILES string of the molecule is O=C(/C=C/c1ccccc1)NCC[C@@H](O)c1ccoc1. The second-order valence-electron chi connectivity index (χ2n) is 4.40. The molecule has 0 spiro atoms. The Bertz CT molecular complexity index is 546. The van der Waals surface area contributed by atoms with Crippen LogP contribution in [0.5, 0.6) is 0 Å². The Kier molecular flexibility index (Phi) is 5.15. The molecule has 0 saturated heterocycles. The van der Waals surface area contributed by atoms with Crippen molar-refractivity contribution >= 4 is 12.0 Å². The van der Waals surface area contributed by atoms with E-state index in [-0.39, 0.29) is 5.91 Å². The molecule has 4 heteroatoms. The molecule has 0 bridgehead atoms. The van der Waals surface area contributed by atoms with E-state index >= 15 is 0 Å². The van der Waals surface area contributed by atoms with Crippen molar-refractivity contribution in [3.05, 3.63) is 66.1 Å². The molecule has 4 nitrogen and oxygen atoms in total. The van der Waals surface area contributed by atoms with Crippen molar-refractivity contribution < 1.29 is 14.3 Å². The van der Waals surface area contributed by atoms with Crippen molar-refractivity contribution in [1.29, 1.82) is 0 Å². The first-order valence-electron chi connectivity index (χ1n) is 6.47. The lowest BCUT2D eigenvalue weighted by molar-refractivity contribution is -0.116. The average Bonchev–Trinajstić information content (AvgIpc) is 3.00. The third kappa shape index (κ3) is 4.40. The van der Waals surface area contributed by atoms with Gasteiger partial charge in [0, 0.05) is 18.2 Å². The van der Waals surface area contributed by atoms with Gasteiger partial charge in [-0.15, -0.1) is 0 Å². The van der Waals surface area contributed by atoms with E-state index in [4.69, 9.17) is 4.42 Å². The second kappa shape index (κ2) is 7.31. The van der Waals surface area contributed by atoms with E-state index in [1.807, 2.05) is 30.3 Å². The molecule has 1 aromatic carbocycles. The molecule has 0 saturated carbocycles. The molecular formula is C16H17NO3. The van der Waals surface area contributed by atoms with Gasteiger partial charge in [0.1, 0.15) is 0 Å². The average molecular weight is 271 g/mol. The van der Waals surface area contributed by atoms with Crippen LogP contribution in [0.3, 0.4) is 0 Å². The van der Waals surface area contributed by atoms with E-state index in [1.54, 1.807) is 12.1 Å². The molecule has 0 unspecified atom stereocenters. The lowest BCUT2D eigenvalue weighted by Crippen LogP contribution is -2.23. The molecular weight excluding hydrogens is 254 g/mol. The third-order valence-corrected chi connectivity index (χ3v) is 2.87. The van der Waals surface area contributed by atoms with E-state index in [9.17, 15) is 9.90 Å². The third-order valence-electron chi connectivity index (χ3n) is 2.87. The quantitative estimate of drug-likeness (QED) is 0.794. The summed E-state index contributed by atoms with van der Waals surface area (Å²) in [5, 5.41) is 12.5. The largest absolute Gasteiger partial charge is 0.472 e. The predicted molar refractivity (Wildman–Crippen MR) is 76.8 cm³/mol. The lowest BCUT2D eigenvalue weighted by Gasteiger charge is -2.08. The zero-order valence-corrected chi connectivity index (χ0v) is 11.0. The fourth-order valence-corrected chi connectivity index (χ4v) is 1.76. The molecule has 0 aliphatic heterocycles. The van der Waals surface area contributed by atoms with Gasteiger partial charge in [-0.2, -0.15) is 0 Å². The lowest BCUT2D eigenvalue weighted by atomic mass is 10.1. The van der Waals surface area contributed by atoms with Gasteiger partial charge in [0.2, 0.25) is 5.91 Å². The van der Waals surface area contributed by atoms with E-state index in [0.717, 1.165) is 11.1 Å². The maximum absolute atomic E-state index is 11.6. The fraction of sp³-hybridized carbons (Fsp3) is 0.188. The van der Waals surface area contributed by atoms with Gasteiger partial charge in [-0.3, -0.25) is 4.79 Å². The maximum atomic E-state index is 11.6. The summed E-state index contributed by atoms with van der Waals surface area (Å²) in [6.07, 6.45) is 6.08. The molecule has 2 rings (SSSR count). The molecule has 0 radical (unpaired) electrons. The Labute approximate surface area is 117 Å². The first-order chi connectivity index (χ1) is 9.75. The standard InChI is InChI=1S/C16H17NO3/c18-15(14-9-11-20-12-14)8-10-17-16(19)7-6-13-4-2-1-3-5-13/h1-7,9,11-12,15,18H,8,10H2,(H,17,19)/b7-6+/t15-/m1/s1. The molecule has 1 atom stereocenters. The number of rotatable bonds is 6. The van der Waals surface area contributed by atoms with Crippen molar-refractivity contribution in [3.63, 3.8) is 0 Å². The summed E-state index contributed by atoms with van der Waals surface area (Å²) >= 11 is 0. The number of carbonyl (C=O) groups excluding carboxylic acids is 1. The van der Waals surface area contributed by atoms with E-state index in [2.05, 4.69) is 5.32 Å². The topological polar surface area (TPSA) is 62.5 Å². The normalized spacial score (nSPS) is 12.4. The van der Waals surface area contributed by atoms with Gasteiger partial charge in [-0.05, 0) is 24.1 Å². The highest BCUT2D eigenvalue weighted by molar-refractivity contribution is 5.91. The number of amides is 1. The zero-order chi connectivity index (χ0) is 14.2. The van der Waals surface area contributed by atoms with E-state index in [0.29, 0.717) is 13.0 Å². The van der Waals surface area contributed by atoms with Crippen molar-refractivity contribution in [2.45, 2.75) is 12.5 Å². The van der Waals surface area contributed by atoms with Crippen molar-refractivity contribution in [2.75, 3.05) is 6.54 Å². The summed E-state index contributed by atoms with van der Waals surface area (Å²) in [6.45, 7) is 0.407. The summed E-state index contributed by atoms with van der Waals surface area (Å²) in [7, 11) is 0. The van der Waals surface area contributed by atoms with Gasteiger partial charge in [0.25, 0.3) is 0 Å². The van der Waals surface area contributed by atoms with Gasteiger partial charge in [-0.25, -0.2) is 0 Å². The molecule has 1 amide bonds. The minimum atomic E-state index is -0.618. The highest BCUT2D eigenvalue weighted by Crippen LogP contribution is 2.15. The molecule has 20 heavy (non-hydrogen) atoms. The van der Waals surface area contributed by atoms with Crippen LogP contribution in [-0.4, -0.2) is 17.6 Å². The highest BCUT2D eigenvalue weighted by atomic mass is 16.3. The number of hydrogen-bond acceptors (Lipinski definition) is 3. The van der Waals surface area contributed by atoms with Crippen molar-refractivity contribution in [1.82, 2.24) is 5.32 Å². The highest BCUT2D eigenvalue weighted by Gasteiger charge is 2.08.